The molecule has 9 atom stereocenters. The van der Waals surface area contributed by atoms with Crippen molar-refractivity contribution in [3.05, 3.63) is 11.6 Å². The molecule has 0 aliphatic heterocycles. The number of rotatable bonds is 6. The summed E-state index contributed by atoms with van der Waals surface area (Å²) in [5, 5.41) is 72.0. The molecule has 27 heavy (non-hydrogen) atoms. The summed E-state index contributed by atoms with van der Waals surface area (Å²) < 4.78 is 15.2. The minimum absolute atomic E-state index is 0.0533. The second kappa shape index (κ2) is 8.91. The third-order valence-corrected chi connectivity index (χ3v) is 5.50. The van der Waals surface area contributed by atoms with E-state index in [1.54, 1.807) is 0 Å². The molecule has 0 heterocycles. The van der Waals surface area contributed by atoms with Crippen molar-refractivity contribution < 1.29 is 54.6 Å². The lowest BCUT2D eigenvalue weighted by Crippen LogP contribution is -2.63. The number of phosphoric acid groups is 1. The van der Waals surface area contributed by atoms with E-state index in [1.807, 2.05) is 0 Å². The largest absolute Gasteiger partial charge is 0.469 e. The molecule has 0 amide bonds. The minimum atomic E-state index is -4.80. The highest BCUT2D eigenvalue weighted by Crippen LogP contribution is 2.38. The van der Waals surface area contributed by atoms with Crippen LogP contribution in [0.25, 0.3) is 0 Å². The lowest BCUT2D eigenvalue weighted by atomic mass is 9.78. The second-order valence-electron chi connectivity index (χ2n) is 6.88. The highest BCUT2D eigenvalue weighted by atomic mass is 31.2. The van der Waals surface area contributed by atoms with E-state index in [-0.39, 0.29) is 12.0 Å². The van der Waals surface area contributed by atoms with Crippen LogP contribution in [-0.2, 0) is 9.09 Å². The van der Waals surface area contributed by atoms with E-state index < -0.39 is 75.7 Å². The average Bonchev–Trinajstić information content (AvgIpc) is 2.60. The highest BCUT2D eigenvalue weighted by molar-refractivity contribution is 7.46. The molecule has 0 bridgehead atoms. The van der Waals surface area contributed by atoms with Gasteiger partial charge in [-0.15, -0.1) is 0 Å². The average molecular weight is 415 g/mol. The molecule has 2 aliphatic rings. The quantitative estimate of drug-likeness (QED) is 0.147. The molecule has 2 rings (SSSR count). The summed E-state index contributed by atoms with van der Waals surface area (Å²) in [5.41, 5.74) is 0.0533. The zero-order valence-electron chi connectivity index (χ0n) is 14.2. The molecule has 12 nitrogen and oxygen atoms in total. The van der Waals surface area contributed by atoms with Crippen LogP contribution >= 0.6 is 7.82 Å². The van der Waals surface area contributed by atoms with Crippen molar-refractivity contribution in [3.8, 4) is 0 Å². The first-order valence-electron chi connectivity index (χ1n) is 8.32. The van der Waals surface area contributed by atoms with Crippen molar-refractivity contribution in [1.29, 1.82) is 0 Å². The molecule has 1 saturated carbocycles. The third kappa shape index (κ3) is 5.32. The van der Waals surface area contributed by atoms with E-state index in [1.165, 1.54) is 6.08 Å². The van der Waals surface area contributed by atoms with Crippen molar-refractivity contribution in [3.63, 3.8) is 0 Å². The van der Waals surface area contributed by atoms with Crippen molar-refractivity contribution in [2.24, 2.45) is 5.92 Å². The van der Waals surface area contributed by atoms with Gasteiger partial charge in [-0.25, -0.2) is 4.57 Å². The van der Waals surface area contributed by atoms with E-state index in [2.05, 4.69) is 9.84 Å². The van der Waals surface area contributed by atoms with E-state index in [4.69, 9.17) is 9.79 Å². The summed E-state index contributed by atoms with van der Waals surface area (Å²) in [6.07, 6.45) is -7.99. The maximum absolute atomic E-state index is 10.9. The predicted octanol–water partition coefficient (Wildman–Crippen LogP) is -4.46. The number of aliphatic hydroxyl groups excluding tert-OH is 7. The molecule has 2 aliphatic carbocycles. The normalized spacial score (nSPS) is 43.4. The first-order chi connectivity index (χ1) is 12.5. The van der Waals surface area contributed by atoms with E-state index in [9.17, 15) is 40.3 Å². The van der Waals surface area contributed by atoms with Crippen LogP contribution in [0.2, 0.25) is 0 Å². The standard InChI is InChI=1S/C14H26NO11P/c16-3-5-1-7(11(19)13(21)9(5)17)15-8-2-6(4-26-27(23,24)25)10(18)14(22)12(8)20/h1,6-22H,2-4H2,(H2,23,24,25). The summed E-state index contributed by atoms with van der Waals surface area (Å²) in [6.45, 7) is -1.16. The van der Waals surface area contributed by atoms with Crippen molar-refractivity contribution in [2.75, 3.05) is 13.2 Å². The Balaban J connectivity index is 2.13. The van der Waals surface area contributed by atoms with Crippen LogP contribution in [0.4, 0.5) is 0 Å². The molecule has 1 fully saturated rings. The smallest absolute Gasteiger partial charge is 0.392 e. The molecule has 13 heteroatoms. The molecule has 0 spiro atoms. The molecular formula is C14H26NO11P. The highest BCUT2D eigenvalue weighted by Gasteiger charge is 2.45. The van der Waals surface area contributed by atoms with Gasteiger partial charge in [0.15, 0.2) is 0 Å². The molecule has 0 aromatic heterocycles. The van der Waals surface area contributed by atoms with Crippen LogP contribution < -0.4 is 5.32 Å². The molecule has 0 aromatic rings. The van der Waals surface area contributed by atoms with Crippen LogP contribution in [0.3, 0.4) is 0 Å². The van der Waals surface area contributed by atoms with Crippen molar-refractivity contribution in [1.82, 2.24) is 5.32 Å². The molecule has 158 valence electrons. The van der Waals surface area contributed by atoms with Crippen LogP contribution in [0.15, 0.2) is 11.6 Å². The fourth-order valence-corrected chi connectivity index (χ4v) is 3.82. The fraction of sp³-hybridized carbons (Fsp3) is 0.857. The first-order valence-corrected chi connectivity index (χ1v) is 9.85. The lowest BCUT2D eigenvalue weighted by molar-refractivity contribution is -0.134. The van der Waals surface area contributed by atoms with Gasteiger partial charge in [0, 0.05) is 12.0 Å². The number of aliphatic hydroxyl groups is 7. The topological polar surface area (TPSA) is 220 Å². The van der Waals surface area contributed by atoms with E-state index in [0.717, 1.165) is 0 Å². The Morgan fingerprint density at radius 2 is 1.63 bits per heavy atom. The van der Waals surface area contributed by atoms with Crippen molar-refractivity contribution in [2.45, 2.75) is 55.1 Å². The van der Waals surface area contributed by atoms with Gasteiger partial charge in [0.2, 0.25) is 0 Å². The van der Waals surface area contributed by atoms with Crippen LogP contribution in [-0.4, -0.2) is 107 Å². The van der Waals surface area contributed by atoms with Crippen LogP contribution in [0.1, 0.15) is 6.42 Å². The Hall–Kier alpha value is -0.470. The summed E-state index contributed by atoms with van der Waals surface area (Å²) in [7, 11) is -4.80. The van der Waals surface area contributed by atoms with Crippen LogP contribution in [0, 0.1) is 5.92 Å². The van der Waals surface area contributed by atoms with E-state index in [0.29, 0.717) is 0 Å². The number of hydrogen-bond acceptors (Lipinski definition) is 10. The van der Waals surface area contributed by atoms with Gasteiger partial charge in [-0.05, 0) is 12.0 Å². The monoisotopic (exact) mass is 415 g/mol. The van der Waals surface area contributed by atoms with Crippen molar-refractivity contribution >= 4 is 7.82 Å². The van der Waals surface area contributed by atoms with Crippen LogP contribution in [0.5, 0.6) is 0 Å². The van der Waals surface area contributed by atoms with E-state index >= 15 is 0 Å². The minimum Gasteiger partial charge on any atom is -0.392 e. The number of hydrogen-bond donors (Lipinski definition) is 10. The Bertz CT molecular complexity index is 583. The number of nitrogens with one attached hydrogen (secondary N) is 1. The van der Waals surface area contributed by atoms with Gasteiger partial charge in [-0.2, -0.15) is 0 Å². The summed E-state index contributed by atoms with van der Waals surface area (Å²) in [4.78, 5) is 17.6. The third-order valence-electron chi connectivity index (χ3n) is 5.01. The van der Waals surface area contributed by atoms with Gasteiger partial charge in [0.25, 0.3) is 0 Å². The zero-order chi connectivity index (χ0) is 20.5. The Labute approximate surface area is 154 Å². The molecule has 0 saturated heterocycles. The molecule has 0 aromatic carbocycles. The SMILES string of the molecule is O=P(O)(O)OCC1CC(NC2C=C(CO)C(O)C(O)C2O)C(O)C(O)C1O. The Kier molecular flexibility index (Phi) is 7.53. The summed E-state index contributed by atoms with van der Waals surface area (Å²) in [6, 6.07) is -1.96. The second-order valence-corrected chi connectivity index (χ2v) is 8.12. The summed E-state index contributed by atoms with van der Waals surface area (Å²) in [5.74, 6) is -0.939. The summed E-state index contributed by atoms with van der Waals surface area (Å²) >= 11 is 0. The van der Waals surface area contributed by atoms with Gasteiger partial charge in [-0.3, -0.25) is 4.52 Å². The number of phosphoric ester groups is 1. The maximum atomic E-state index is 10.9. The lowest BCUT2D eigenvalue weighted by Gasteiger charge is -2.43. The van der Waals surface area contributed by atoms with Gasteiger partial charge < -0.3 is 50.8 Å². The van der Waals surface area contributed by atoms with Gasteiger partial charge in [0.05, 0.1) is 31.5 Å². The Morgan fingerprint density at radius 1 is 1.00 bits per heavy atom. The molecule has 10 N–H and O–H groups in total. The van der Waals surface area contributed by atoms with Gasteiger partial charge >= 0.3 is 7.82 Å². The molecular weight excluding hydrogens is 389 g/mol. The zero-order valence-corrected chi connectivity index (χ0v) is 15.1. The Morgan fingerprint density at radius 3 is 2.19 bits per heavy atom. The predicted molar refractivity (Wildman–Crippen MR) is 88.0 cm³/mol. The molecule has 9 unspecified atom stereocenters. The first kappa shape index (κ1) is 22.8. The maximum Gasteiger partial charge on any atom is 0.469 e. The molecule has 0 radical (unpaired) electrons. The van der Waals surface area contributed by atoms with Gasteiger partial charge in [-0.1, -0.05) is 6.08 Å². The fourth-order valence-electron chi connectivity index (χ4n) is 3.44. The van der Waals surface area contributed by atoms with Gasteiger partial charge in [0.1, 0.15) is 24.4 Å².